The lowest BCUT2D eigenvalue weighted by molar-refractivity contribution is -0.139. The molecule has 1 heterocycles. The maximum absolute atomic E-state index is 10.8. The molecule has 1 aliphatic heterocycles. The minimum atomic E-state index is -0.714. The standard InChI is InChI=1S/C10H17NO3.ClH/c1-14-7-3-2-6-4-9(10(12)13)11-8(6)5-7;/h6-9,11H,2-5H2,1H3,(H,12,13);1H. The SMILES string of the molecule is COC1CCC2CC(C(=O)O)NC2C1.Cl. The van der Waals surface area contributed by atoms with Gasteiger partial charge in [-0.3, -0.25) is 4.79 Å². The molecule has 1 aliphatic carbocycles. The van der Waals surface area contributed by atoms with E-state index in [0.717, 1.165) is 25.7 Å². The molecule has 0 aromatic heterocycles. The van der Waals surface area contributed by atoms with Crippen molar-refractivity contribution in [3.63, 3.8) is 0 Å². The third-order valence-corrected chi connectivity index (χ3v) is 3.53. The molecule has 4 nitrogen and oxygen atoms in total. The van der Waals surface area contributed by atoms with Crippen molar-refractivity contribution >= 4 is 18.4 Å². The molecule has 0 amide bonds. The van der Waals surface area contributed by atoms with Crippen molar-refractivity contribution in [3.05, 3.63) is 0 Å². The van der Waals surface area contributed by atoms with E-state index in [1.165, 1.54) is 0 Å². The summed E-state index contributed by atoms with van der Waals surface area (Å²) >= 11 is 0. The van der Waals surface area contributed by atoms with E-state index in [9.17, 15) is 4.79 Å². The number of hydrogen-bond donors (Lipinski definition) is 2. The molecule has 2 fully saturated rings. The van der Waals surface area contributed by atoms with Crippen molar-refractivity contribution in [3.8, 4) is 0 Å². The second kappa shape index (κ2) is 5.14. The van der Waals surface area contributed by atoms with Crippen LogP contribution < -0.4 is 5.32 Å². The van der Waals surface area contributed by atoms with Gasteiger partial charge in [-0.1, -0.05) is 0 Å². The molecule has 88 valence electrons. The first-order valence-electron chi connectivity index (χ1n) is 5.22. The number of hydrogen-bond acceptors (Lipinski definition) is 3. The summed E-state index contributed by atoms with van der Waals surface area (Å²) in [7, 11) is 1.73. The van der Waals surface area contributed by atoms with Gasteiger partial charge < -0.3 is 15.2 Å². The largest absolute Gasteiger partial charge is 0.480 e. The summed E-state index contributed by atoms with van der Waals surface area (Å²) in [6.07, 6.45) is 4.24. The maximum Gasteiger partial charge on any atom is 0.320 e. The van der Waals surface area contributed by atoms with Gasteiger partial charge in [-0.25, -0.2) is 0 Å². The number of rotatable bonds is 2. The fourth-order valence-corrected chi connectivity index (χ4v) is 2.70. The molecule has 2 aliphatic rings. The maximum atomic E-state index is 10.8. The first kappa shape index (κ1) is 12.7. The zero-order chi connectivity index (χ0) is 10.1. The Balaban J connectivity index is 0.00000112. The molecule has 1 saturated carbocycles. The molecule has 2 N–H and O–H groups in total. The molecule has 0 aromatic carbocycles. The van der Waals surface area contributed by atoms with E-state index in [2.05, 4.69) is 5.32 Å². The fraction of sp³-hybridized carbons (Fsp3) is 0.900. The Morgan fingerprint density at radius 3 is 2.73 bits per heavy atom. The molecule has 2 rings (SSSR count). The van der Waals surface area contributed by atoms with Crippen molar-refractivity contribution < 1.29 is 14.6 Å². The van der Waals surface area contributed by atoms with Gasteiger partial charge in [0.25, 0.3) is 0 Å². The Kier molecular flexibility index (Phi) is 4.37. The van der Waals surface area contributed by atoms with Crippen LogP contribution in [-0.2, 0) is 9.53 Å². The van der Waals surface area contributed by atoms with E-state index < -0.39 is 5.97 Å². The molecule has 0 spiro atoms. The molecule has 0 bridgehead atoms. The number of ether oxygens (including phenoxy) is 1. The lowest BCUT2D eigenvalue weighted by Crippen LogP contribution is -2.40. The number of aliphatic carboxylic acids is 1. The smallest absolute Gasteiger partial charge is 0.320 e. The Hall–Kier alpha value is -0.320. The minimum Gasteiger partial charge on any atom is -0.480 e. The Labute approximate surface area is 95.8 Å². The van der Waals surface area contributed by atoms with Gasteiger partial charge >= 0.3 is 5.97 Å². The highest BCUT2D eigenvalue weighted by molar-refractivity contribution is 5.85. The molecular weight excluding hydrogens is 218 g/mol. The fourth-order valence-electron chi connectivity index (χ4n) is 2.70. The second-order valence-electron chi connectivity index (χ2n) is 4.33. The molecule has 5 heteroatoms. The van der Waals surface area contributed by atoms with E-state index >= 15 is 0 Å². The van der Waals surface area contributed by atoms with Crippen LogP contribution in [0.2, 0.25) is 0 Å². The Morgan fingerprint density at radius 1 is 1.40 bits per heavy atom. The van der Waals surface area contributed by atoms with Crippen molar-refractivity contribution in [2.24, 2.45) is 5.92 Å². The van der Waals surface area contributed by atoms with Crippen LogP contribution in [0.15, 0.2) is 0 Å². The van der Waals surface area contributed by atoms with Gasteiger partial charge in [-0.05, 0) is 31.6 Å². The average Bonchev–Trinajstić information content (AvgIpc) is 2.59. The number of carbonyl (C=O) groups is 1. The number of methoxy groups -OCH3 is 1. The van der Waals surface area contributed by atoms with Gasteiger partial charge in [0, 0.05) is 13.2 Å². The highest BCUT2D eigenvalue weighted by Gasteiger charge is 2.40. The summed E-state index contributed by atoms with van der Waals surface area (Å²) in [4.78, 5) is 10.8. The van der Waals surface area contributed by atoms with Crippen LogP contribution in [0.3, 0.4) is 0 Å². The summed E-state index contributed by atoms with van der Waals surface area (Å²) < 4.78 is 5.31. The third-order valence-electron chi connectivity index (χ3n) is 3.53. The van der Waals surface area contributed by atoms with Crippen molar-refractivity contribution in [2.45, 2.75) is 43.9 Å². The zero-order valence-corrected chi connectivity index (χ0v) is 9.63. The lowest BCUT2D eigenvalue weighted by atomic mass is 9.83. The van der Waals surface area contributed by atoms with E-state index in [4.69, 9.17) is 9.84 Å². The number of fused-ring (bicyclic) bond motifs is 1. The number of carboxylic acids is 1. The summed E-state index contributed by atoms with van der Waals surface area (Å²) in [6.45, 7) is 0. The number of halogens is 1. The molecule has 15 heavy (non-hydrogen) atoms. The number of nitrogens with one attached hydrogen (secondary N) is 1. The first-order valence-corrected chi connectivity index (χ1v) is 5.22. The van der Waals surface area contributed by atoms with Crippen LogP contribution in [0.1, 0.15) is 25.7 Å². The van der Waals surface area contributed by atoms with Crippen molar-refractivity contribution in [1.29, 1.82) is 0 Å². The quantitative estimate of drug-likeness (QED) is 0.751. The highest BCUT2D eigenvalue weighted by atomic mass is 35.5. The summed E-state index contributed by atoms with van der Waals surface area (Å²) in [5.41, 5.74) is 0. The van der Waals surface area contributed by atoms with Gasteiger partial charge in [0.15, 0.2) is 0 Å². The van der Waals surface area contributed by atoms with E-state index in [1.807, 2.05) is 0 Å². The predicted molar refractivity (Wildman–Crippen MR) is 58.4 cm³/mol. The van der Waals surface area contributed by atoms with Crippen LogP contribution in [0.25, 0.3) is 0 Å². The van der Waals surface area contributed by atoms with Crippen LogP contribution in [-0.4, -0.2) is 36.4 Å². The van der Waals surface area contributed by atoms with Gasteiger partial charge in [0.05, 0.1) is 6.10 Å². The summed E-state index contributed by atoms with van der Waals surface area (Å²) in [6, 6.07) is 0.0235. The molecular formula is C10H18ClNO3. The van der Waals surface area contributed by atoms with E-state index in [1.54, 1.807) is 7.11 Å². The van der Waals surface area contributed by atoms with Crippen LogP contribution in [0, 0.1) is 5.92 Å². The zero-order valence-electron chi connectivity index (χ0n) is 8.81. The topological polar surface area (TPSA) is 58.6 Å². The summed E-state index contributed by atoms with van der Waals surface area (Å²) in [5.74, 6) is -0.170. The Bertz CT molecular complexity index is 237. The van der Waals surface area contributed by atoms with Crippen molar-refractivity contribution in [1.82, 2.24) is 5.32 Å². The van der Waals surface area contributed by atoms with Crippen LogP contribution in [0.5, 0.6) is 0 Å². The molecule has 0 radical (unpaired) electrons. The molecule has 4 atom stereocenters. The van der Waals surface area contributed by atoms with Crippen molar-refractivity contribution in [2.75, 3.05) is 7.11 Å². The van der Waals surface area contributed by atoms with Gasteiger partial charge in [-0.2, -0.15) is 0 Å². The number of carboxylic acid groups (broad SMARTS) is 1. The van der Waals surface area contributed by atoms with Crippen LogP contribution in [0.4, 0.5) is 0 Å². The van der Waals surface area contributed by atoms with Crippen LogP contribution >= 0.6 is 12.4 Å². The summed E-state index contributed by atoms with van der Waals surface area (Å²) in [5, 5.41) is 12.1. The monoisotopic (exact) mass is 235 g/mol. The lowest BCUT2D eigenvalue weighted by Gasteiger charge is -2.30. The van der Waals surface area contributed by atoms with Gasteiger partial charge in [-0.15, -0.1) is 12.4 Å². The first-order chi connectivity index (χ1) is 6.70. The molecule has 4 unspecified atom stereocenters. The normalized spacial score (nSPS) is 39.3. The third kappa shape index (κ3) is 2.62. The minimum absolute atomic E-state index is 0. The van der Waals surface area contributed by atoms with E-state index in [0.29, 0.717) is 18.1 Å². The highest BCUT2D eigenvalue weighted by Crippen LogP contribution is 2.34. The van der Waals surface area contributed by atoms with Gasteiger partial charge in [0.1, 0.15) is 6.04 Å². The van der Waals surface area contributed by atoms with Gasteiger partial charge in [0.2, 0.25) is 0 Å². The predicted octanol–water partition coefficient (Wildman–Crippen LogP) is 1.04. The molecule has 1 saturated heterocycles. The molecule has 0 aromatic rings. The Morgan fingerprint density at radius 2 is 2.13 bits per heavy atom. The average molecular weight is 236 g/mol. The second-order valence-corrected chi connectivity index (χ2v) is 4.33. The van der Waals surface area contributed by atoms with E-state index in [-0.39, 0.29) is 18.4 Å².